The van der Waals surface area contributed by atoms with Crippen molar-refractivity contribution in [1.82, 2.24) is 0 Å². The molecular weight excluding hydrogens is 186 g/mol. The number of rotatable bonds is 0. The molecule has 0 amide bonds. The second-order valence-corrected chi connectivity index (χ2v) is 5.03. The molecule has 80 valence electrons. The van der Waals surface area contributed by atoms with E-state index in [4.69, 9.17) is 5.73 Å². The summed E-state index contributed by atoms with van der Waals surface area (Å²) < 4.78 is 0. The lowest BCUT2D eigenvalue weighted by atomic mass is 9.73. The zero-order chi connectivity index (χ0) is 10.5. The van der Waals surface area contributed by atoms with E-state index in [0.29, 0.717) is 11.7 Å². The summed E-state index contributed by atoms with van der Waals surface area (Å²) in [6, 6.07) is 5.69. The molecule has 2 aliphatic carbocycles. The topological polar surface area (TPSA) is 46.2 Å². The Balaban J connectivity index is 2.11. The van der Waals surface area contributed by atoms with Gasteiger partial charge in [-0.15, -0.1) is 0 Å². The summed E-state index contributed by atoms with van der Waals surface area (Å²) in [5, 5.41) is 9.55. The summed E-state index contributed by atoms with van der Waals surface area (Å²) >= 11 is 0. The van der Waals surface area contributed by atoms with Gasteiger partial charge in [-0.2, -0.15) is 0 Å². The van der Waals surface area contributed by atoms with E-state index in [2.05, 4.69) is 0 Å². The van der Waals surface area contributed by atoms with Crippen LogP contribution in [-0.4, -0.2) is 5.11 Å². The molecule has 2 heteroatoms. The van der Waals surface area contributed by atoms with Crippen molar-refractivity contribution in [2.24, 2.45) is 11.7 Å². The normalized spacial score (nSPS) is 33.5. The minimum absolute atomic E-state index is 0.147. The molecule has 2 atom stereocenters. The first-order chi connectivity index (χ1) is 7.20. The number of hydrogen-bond acceptors (Lipinski definition) is 2. The van der Waals surface area contributed by atoms with Crippen LogP contribution in [0.5, 0.6) is 5.75 Å². The second kappa shape index (κ2) is 2.99. The fourth-order valence-corrected chi connectivity index (χ4v) is 3.35. The number of phenols is 1. The van der Waals surface area contributed by atoms with Gasteiger partial charge < -0.3 is 10.8 Å². The van der Waals surface area contributed by atoms with Gasteiger partial charge in [0.25, 0.3) is 0 Å². The zero-order valence-electron chi connectivity index (χ0n) is 8.87. The van der Waals surface area contributed by atoms with Crippen LogP contribution in [0.3, 0.4) is 0 Å². The van der Waals surface area contributed by atoms with Gasteiger partial charge in [0.05, 0.1) is 0 Å². The molecule has 1 fully saturated rings. The van der Waals surface area contributed by atoms with Crippen molar-refractivity contribution >= 4 is 0 Å². The van der Waals surface area contributed by atoms with Crippen molar-refractivity contribution in [1.29, 1.82) is 0 Å². The largest absolute Gasteiger partial charge is 0.508 e. The highest BCUT2D eigenvalue weighted by Crippen LogP contribution is 2.48. The lowest BCUT2D eigenvalue weighted by Gasteiger charge is -2.36. The molecule has 1 aromatic carbocycles. The molecule has 3 N–H and O–H groups in total. The highest BCUT2D eigenvalue weighted by Gasteiger charge is 2.44. The Morgan fingerprint density at radius 1 is 1.33 bits per heavy atom. The summed E-state index contributed by atoms with van der Waals surface area (Å²) in [7, 11) is 0. The second-order valence-electron chi connectivity index (χ2n) is 5.03. The molecule has 2 nitrogen and oxygen atoms in total. The molecule has 0 aliphatic heterocycles. The molecule has 0 heterocycles. The van der Waals surface area contributed by atoms with E-state index >= 15 is 0 Å². The number of phenolic OH excluding ortho intramolecular Hbond substituents is 1. The van der Waals surface area contributed by atoms with E-state index in [-0.39, 0.29) is 5.54 Å². The minimum atomic E-state index is -0.147. The Kier molecular flexibility index (Phi) is 1.84. The quantitative estimate of drug-likeness (QED) is 0.679. The van der Waals surface area contributed by atoms with Crippen molar-refractivity contribution in [3.8, 4) is 5.75 Å². The molecule has 3 rings (SSSR count). The van der Waals surface area contributed by atoms with Gasteiger partial charge >= 0.3 is 0 Å². The fraction of sp³-hybridized carbons (Fsp3) is 0.538. The van der Waals surface area contributed by atoms with E-state index in [1.807, 2.05) is 12.1 Å². The van der Waals surface area contributed by atoms with Gasteiger partial charge in [-0.25, -0.2) is 0 Å². The predicted molar refractivity (Wildman–Crippen MR) is 59.6 cm³/mol. The van der Waals surface area contributed by atoms with Gasteiger partial charge in [-0.3, -0.25) is 0 Å². The highest BCUT2D eigenvalue weighted by molar-refractivity contribution is 5.44. The number of benzene rings is 1. The maximum absolute atomic E-state index is 9.55. The van der Waals surface area contributed by atoms with Crippen LogP contribution in [0.4, 0.5) is 0 Å². The Morgan fingerprint density at radius 3 is 3.07 bits per heavy atom. The molecule has 2 aliphatic rings. The van der Waals surface area contributed by atoms with Crippen LogP contribution in [0, 0.1) is 5.92 Å². The van der Waals surface area contributed by atoms with Crippen molar-refractivity contribution in [2.75, 3.05) is 0 Å². The summed E-state index contributed by atoms with van der Waals surface area (Å²) in [5.41, 5.74) is 8.94. The Labute approximate surface area is 90.1 Å². The van der Waals surface area contributed by atoms with Gasteiger partial charge in [-0.1, -0.05) is 18.9 Å². The third kappa shape index (κ3) is 1.21. The molecule has 0 unspecified atom stereocenters. The molecule has 0 spiro atoms. The van der Waals surface area contributed by atoms with E-state index < -0.39 is 0 Å². The third-order valence-electron chi connectivity index (χ3n) is 4.18. The third-order valence-corrected chi connectivity index (χ3v) is 4.18. The van der Waals surface area contributed by atoms with E-state index in [1.165, 1.54) is 30.4 Å². The van der Waals surface area contributed by atoms with Crippen molar-refractivity contribution in [3.05, 3.63) is 29.3 Å². The monoisotopic (exact) mass is 203 g/mol. The van der Waals surface area contributed by atoms with Crippen LogP contribution in [0.15, 0.2) is 18.2 Å². The molecule has 1 aromatic rings. The predicted octanol–water partition coefficient (Wildman–Crippen LogP) is 2.29. The molecule has 15 heavy (non-hydrogen) atoms. The van der Waals surface area contributed by atoms with Crippen LogP contribution in [0.1, 0.15) is 36.8 Å². The fourth-order valence-electron chi connectivity index (χ4n) is 3.35. The molecule has 0 aromatic heterocycles. The van der Waals surface area contributed by atoms with Gasteiger partial charge in [0, 0.05) is 5.54 Å². The molecule has 1 saturated carbocycles. The lowest BCUT2D eigenvalue weighted by molar-refractivity contribution is 0.211. The first-order valence-corrected chi connectivity index (χ1v) is 5.81. The maximum Gasteiger partial charge on any atom is 0.115 e. The van der Waals surface area contributed by atoms with Gasteiger partial charge in [0.1, 0.15) is 5.75 Å². The smallest absolute Gasteiger partial charge is 0.115 e. The van der Waals surface area contributed by atoms with E-state index in [9.17, 15) is 5.11 Å². The number of nitrogens with two attached hydrogens (primary N) is 1. The zero-order valence-corrected chi connectivity index (χ0v) is 8.87. The maximum atomic E-state index is 9.55. The van der Waals surface area contributed by atoms with Crippen LogP contribution in [0.25, 0.3) is 0 Å². The van der Waals surface area contributed by atoms with Crippen molar-refractivity contribution in [2.45, 2.75) is 37.6 Å². The van der Waals surface area contributed by atoms with Gasteiger partial charge in [0.15, 0.2) is 0 Å². The highest BCUT2D eigenvalue weighted by atomic mass is 16.3. The summed E-state index contributed by atoms with van der Waals surface area (Å²) in [4.78, 5) is 0. The Hall–Kier alpha value is -1.02. The van der Waals surface area contributed by atoms with Crippen LogP contribution < -0.4 is 5.73 Å². The summed E-state index contributed by atoms with van der Waals surface area (Å²) in [5.74, 6) is 0.952. The van der Waals surface area contributed by atoms with Crippen molar-refractivity contribution in [3.63, 3.8) is 0 Å². The van der Waals surface area contributed by atoms with Crippen molar-refractivity contribution < 1.29 is 5.11 Å². The van der Waals surface area contributed by atoms with E-state index in [0.717, 1.165) is 12.8 Å². The molecule has 0 bridgehead atoms. The SMILES string of the molecule is N[C@]12CCCC[C@H]1Cc1ccc(O)cc12. The first kappa shape index (κ1) is 9.22. The average Bonchev–Trinajstić information content (AvgIpc) is 2.51. The molecular formula is C13H17NO. The summed E-state index contributed by atoms with van der Waals surface area (Å²) in [6.45, 7) is 0. The van der Waals surface area contributed by atoms with E-state index in [1.54, 1.807) is 6.07 Å². The average molecular weight is 203 g/mol. The number of hydrogen-bond donors (Lipinski definition) is 2. The summed E-state index contributed by atoms with van der Waals surface area (Å²) in [6.07, 6.45) is 5.96. The van der Waals surface area contributed by atoms with Gasteiger partial charge in [0.2, 0.25) is 0 Å². The van der Waals surface area contributed by atoms with Crippen LogP contribution in [0.2, 0.25) is 0 Å². The van der Waals surface area contributed by atoms with Crippen LogP contribution >= 0.6 is 0 Å². The number of fused-ring (bicyclic) bond motifs is 3. The Bertz CT molecular complexity index is 402. The number of aromatic hydroxyl groups is 1. The lowest BCUT2D eigenvalue weighted by Crippen LogP contribution is -2.43. The standard InChI is InChI=1S/C13H17NO/c14-13-6-2-1-3-10(13)7-9-4-5-11(15)8-12(9)13/h4-5,8,10,15H,1-3,6-7,14H2/t10-,13+/m0/s1. The first-order valence-electron chi connectivity index (χ1n) is 5.81. The minimum Gasteiger partial charge on any atom is -0.508 e. The molecule has 0 saturated heterocycles. The van der Waals surface area contributed by atoms with Gasteiger partial charge in [-0.05, 0) is 48.4 Å². The van der Waals surface area contributed by atoms with Crippen LogP contribution in [-0.2, 0) is 12.0 Å². The Morgan fingerprint density at radius 2 is 2.20 bits per heavy atom. The molecule has 0 radical (unpaired) electrons.